The molecule has 0 saturated carbocycles. The minimum absolute atomic E-state index is 0.0299. The van der Waals surface area contributed by atoms with Gasteiger partial charge in [0.25, 0.3) is 0 Å². The van der Waals surface area contributed by atoms with Gasteiger partial charge in [-0.1, -0.05) is 50.8 Å². The molecule has 0 N–H and O–H groups in total. The minimum atomic E-state index is -0.0299. The van der Waals surface area contributed by atoms with Gasteiger partial charge in [0, 0.05) is 12.7 Å². The molecule has 1 rings (SSSR count). The highest BCUT2D eigenvalue weighted by Gasteiger charge is 2.21. The van der Waals surface area contributed by atoms with Crippen LogP contribution in [0.1, 0.15) is 26.3 Å². The lowest BCUT2D eigenvalue weighted by Gasteiger charge is -2.24. The smallest absolute Gasteiger partial charge is 0.123 e. The van der Waals surface area contributed by atoms with Gasteiger partial charge in [0.05, 0.1) is 0 Å². The molecule has 0 saturated heterocycles. The van der Waals surface area contributed by atoms with E-state index < -0.39 is 0 Å². The van der Waals surface area contributed by atoms with Gasteiger partial charge >= 0.3 is 0 Å². The summed E-state index contributed by atoms with van der Waals surface area (Å²) in [6.45, 7) is 6.38. The molecule has 0 aliphatic carbocycles. The Hall–Kier alpha value is -1.26. The second-order valence-corrected chi connectivity index (χ2v) is 4.62. The van der Waals surface area contributed by atoms with Gasteiger partial charge in [-0.05, 0) is 17.5 Å². The average Bonchev–Trinajstić information content (AvgIpc) is 2.18. The highest BCUT2D eigenvalue weighted by atomic mass is 16.5. The molecule has 0 bridgehead atoms. The number of hydrogen-bond acceptors (Lipinski definition) is 1. The molecule has 0 aliphatic rings. The van der Waals surface area contributed by atoms with Crippen molar-refractivity contribution in [3.63, 3.8) is 0 Å². The Morgan fingerprint density at radius 1 is 1.13 bits per heavy atom. The maximum absolute atomic E-state index is 5.36. The van der Waals surface area contributed by atoms with Gasteiger partial charge in [-0.25, -0.2) is 0 Å². The van der Waals surface area contributed by atoms with Gasteiger partial charge in [0.15, 0.2) is 0 Å². The van der Waals surface area contributed by atoms with E-state index in [-0.39, 0.29) is 11.5 Å². The van der Waals surface area contributed by atoms with E-state index in [1.54, 1.807) is 7.11 Å². The van der Waals surface area contributed by atoms with Crippen LogP contribution in [0.4, 0.5) is 0 Å². The average molecular weight is 202 g/mol. The van der Waals surface area contributed by atoms with Gasteiger partial charge in [-0.15, -0.1) is 0 Å². The zero-order valence-corrected chi connectivity index (χ0v) is 9.87. The molecule has 1 unspecified atom stereocenters. The number of rotatable bonds is 1. The van der Waals surface area contributed by atoms with E-state index in [1.807, 2.05) is 30.3 Å². The molecule has 0 fully saturated rings. The van der Waals surface area contributed by atoms with Crippen molar-refractivity contribution in [2.24, 2.45) is 5.41 Å². The molecule has 0 radical (unpaired) electrons. The van der Waals surface area contributed by atoms with E-state index in [2.05, 4.69) is 32.6 Å². The first-order valence-corrected chi connectivity index (χ1v) is 5.13. The first-order chi connectivity index (χ1) is 7.04. The van der Waals surface area contributed by atoms with Crippen LogP contribution in [0.2, 0.25) is 0 Å². The molecule has 0 amide bonds. The summed E-state index contributed by atoms with van der Waals surface area (Å²) in [5, 5.41) is 0. The molecule has 80 valence electrons. The van der Waals surface area contributed by atoms with Crippen LogP contribution in [0.3, 0.4) is 0 Å². The number of hydrogen-bond donors (Lipinski definition) is 0. The summed E-state index contributed by atoms with van der Waals surface area (Å²) in [6, 6.07) is 9.97. The normalized spacial score (nSPS) is 12.8. The van der Waals surface area contributed by atoms with Gasteiger partial charge in [-0.2, -0.15) is 0 Å². The van der Waals surface area contributed by atoms with Crippen LogP contribution >= 0.6 is 0 Å². The third-order valence-corrected chi connectivity index (χ3v) is 2.14. The van der Waals surface area contributed by atoms with Gasteiger partial charge in [0.2, 0.25) is 0 Å². The van der Waals surface area contributed by atoms with Crippen molar-refractivity contribution >= 4 is 0 Å². The summed E-state index contributed by atoms with van der Waals surface area (Å²) in [6.07, 6.45) is -0.0299. The molecule has 0 aromatic heterocycles. The maximum Gasteiger partial charge on any atom is 0.123 e. The highest BCUT2D eigenvalue weighted by molar-refractivity contribution is 5.34. The molecule has 0 aliphatic heterocycles. The number of methoxy groups -OCH3 is 1. The molecule has 0 spiro atoms. The Morgan fingerprint density at radius 3 is 2.20 bits per heavy atom. The summed E-state index contributed by atoms with van der Waals surface area (Å²) in [5.74, 6) is 6.28. The van der Waals surface area contributed by atoms with Crippen LogP contribution in [-0.4, -0.2) is 13.2 Å². The largest absolute Gasteiger partial charge is 0.368 e. The Labute approximate surface area is 92.5 Å². The third-order valence-electron chi connectivity index (χ3n) is 2.14. The molecule has 1 nitrogen and oxygen atoms in total. The lowest BCUT2D eigenvalue weighted by molar-refractivity contribution is 0.0608. The van der Waals surface area contributed by atoms with Crippen LogP contribution in [0.15, 0.2) is 30.3 Å². The van der Waals surface area contributed by atoms with Crippen molar-refractivity contribution < 1.29 is 4.74 Å². The van der Waals surface area contributed by atoms with Crippen molar-refractivity contribution in [3.05, 3.63) is 35.9 Å². The summed E-state index contributed by atoms with van der Waals surface area (Å²) >= 11 is 0. The third kappa shape index (κ3) is 3.77. The fraction of sp³-hybridized carbons (Fsp3) is 0.429. The first kappa shape index (κ1) is 11.8. The van der Waals surface area contributed by atoms with E-state index in [4.69, 9.17) is 4.74 Å². The summed E-state index contributed by atoms with van der Waals surface area (Å²) in [7, 11) is 1.70. The van der Waals surface area contributed by atoms with Gasteiger partial charge < -0.3 is 4.74 Å². The summed E-state index contributed by atoms with van der Waals surface area (Å²) < 4.78 is 5.36. The van der Waals surface area contributed by atoms with Crippen LogP contribution in [-0.2, 0) is 4.74 Å². The molecule has 1 aromatic rings. The predicted molar refractivity (Wildman–Crippen MR) is 63.6 cm³/mol. The summed E-state index contributed by atoms with van der Waals surface area (Å²) in [4.78, 5) is 0. The molecular formula is C14H18O. The Morgan fingerprint density at radius 2 is 1.73 bits per heavy atom. The SMILES string of the molecule is COC(C#Cc1ccccc1)C(C)(C)C. The predicted octanol–water partition coefficient (Wildman–Crippen LogP) is 3.10. The van der Waals surface area contributed by atoms with Crippen LogP contribution < -0.4 is 0 Å². The molecule has 0 heterocycles. The Balaban J connectivity index is 2.80. The molecule has 1 atom stereocenters. The van der Waals surface area contributed by atoms with E-state index >= 15 is 0 Å². The van der Waals surface area contributed by atoms with Crippen molar-refractivity contribution in [2.45, 2.75) is 26.9 Å². The lowest BCUT2D eigenvalue weighted by atomic mass is 9.89. The second-order valence-electron chi connectivity index (χ2n) is 4.62. The standard InChI is InChI=1S/C14H18O/c1-14(2,3)13(15-4)11-10-12-8-6-5-7-9-12/h5-9,13H,1-4H3. The topological polar surface area (TPSA) is 9.23 Å². The Bertz CT molecular complexity index is 348. The van der Waals surface area contributed by atoms with Crippen LogP contribution in [0, 0.1) is 17.3 Å². The fourth-order valence-corrected chi connectivity index (χ4v) is 1.30. The fourth-order valence-electron chi connectivity index (χ4n) is 1.30. The zero-order chi connectivity index (χ0) is 11.3. The molecular weight excluding hydrogens is 184 g/mol. The van der Waals surface area contributed by atoms with E-state index in [0.29, 0.717) is 0 Å². The van der Waals surface area contributed by atoms with Crippen molar-refractivity contribution in [2.75, 3.05) is 7.11 Å². The maximum atomic E-state index is 5.36. The van der Waals surface area contributed by atoms with Crippen molar-refractivity contribution in [1.82, 2.24) is 0 Å². The van der Waals surface area contributed by atoms with E-state index in [0.717, 1.165) is 5.56 Å². The van der Waals surface area contributed by atoms with Crippen molar-refractivity contribution in [1.29, 1.82) is 0 Å². The van der Waals surface area contributed by atoms with E-state index in [9.17, 15) is 0 Å². The number of ether oxygens (including phenoxy) is 1. The lowest BCUT2D eigenvalue weighted by Crippen LogP contribution is -2.26. The highest BCUT2D eigenvalue weighted by Crippen LogP contribution is 2.20. The first-order valence-electron chi connectivity index (χ1n) is 5.13. The quantitative estimate of drug-likeness (QED) is 0.636. The minimum Gasteiger partial charge on any atom is -0.368 e. The number of benzene rings is 1. The molecule has 15 heavy (non-hydrogen) atoms. The Kier molecular flexibility index (Phi) is 3.94. The monoisotopic (exact) mass is 202 g/mol. The van der Waals surface area contributed by atoms with Crippen LogP contribution in [0.5, 0.6) is 0 Å². The van der Waals surface area contributed by atoms with Gasteiger partial charge in [0.1, 0.15) is 6.10 Å². The molecule has 1 heteroatoms. The van der Waals surface area contributed by atoms with Crippen molar-refractivity contribution in [3.8, 4) is 11.8 Å². The van der Waals surface area contributed by atoms with Gasteiger partial charge in [-0.3, -0.25) is 0 Å². The zero-order valence-electron chi connectivity index (χ0n) is 9.87. The summed E-state index contributed by atoms with van der Waals surface area (Å²) in [5.41, 5.74) is 1.08. The van der Waals surface area contributed by atoms with E-state index in [1.165, 1.54) is 0 Å². The van der Waals surface area contributed by atoms with Crippen LogP contribution in [0.25, 0.3) is 0 Å². The molecule has 1 aromatic carbocycles. The second kappa shape index (κ2) is 5.00.